The van der Waals surface area contributed by atoms with Gasteiger partial charge in [0, 0.05) is 6.04 Å². The molecule has 3 unspecified atom stereocenters. The van der Waals surface area contributed by atoms with E-state index in [1.807, 2.05) is 0 Å². The van der Waals surface area contributed by atoms with E-state index in [1.165, 1.54) is 12.6 Å². The van der Waals surface area contributed by atoms with E-state index in [1.54, 1.807) is 0 Å². The van der Waals surface area contributed by atoms with Crippen LogP contribution >= 0.6 is 11.6 Å². The predicted molar refractivity (Wildman–Crippen MR) is 80.3 cm³/mol. The van der Waals surface area contributed by atoms with Crippen molar-refractivity contribution in [1.29, 1.82) is 0 Å². The van der Waals surface area contributed by atoms with Gasteiger partial charge in [0.05, 0.1) is 4.92 Å². The van der Waals surface area contributed by atoms with E-state index in [0.717, 1.165) is 12.8 Å². The molecule has 2 saturated carbocycles. The molecule has 1 heterocycles. The van der Waals surface area contributed by atoms with Crippen LogP contribution in [0.15, 0.2) is 6.20 Å². The monoisotopic (exact) mass is 310 g/mol. The number of hydrogen-bond acceptors (Lipinski definition) is 5. The van der Waals surface area contributed by atoms with Crippen LogP contribution in [0.3, 0.4) is 0 Å². The molecule has 1 aromatic heterocycles. The van der Waals surface area contributed by atoms with Crippen molar-refractivity contribution in [3.63, 3.8) is 0 Å². The fraction of sp³-hybridized carbons (Fsp3) is 0.714. The standard InChI is InChI=1S/C14H19ClN4O2/c1-13(2)8-4-5-14(3,6-8)11(13)17-10-9(19(20)21)7-16-12(15)18-10/h7-8,11H,4-6H2,1-3H3,(H,16,17,18). The van der Waals surface area contributed by atoms with Gasteiger partial charge in [-0.05, 0) is 47.6 Å². The molecule has 0 aliphatic heterocycles. The third-order valence-corrected chi connectivity index (χ3v) is 5.67. The summed E-state index contributed by atoms with van der Waals surface area (Å²) < 4.78 is 0. The topological polar surface area (TPSA) is 81.0 Å². The molecule has 1 aromatic rings. The van der Waals surface area contributed by atoms with Crippen LogP contribution in [0, 0.1) is 26.9 Å². The van der Waals surface area contributed by atoms with Crippen LogP contribution in [0.2, 0.25) is 5.28 Å². The number of nitrogens with zero attached hydrogens (tertiary/aromatic N) is 3. The first kappa shape index (κ1) is 14.5. The third-order valence-electron chi connectivity index (χ3n) is 5.49. The quantitative estimate of drug-likeness (QED) is 0.523. The first-order valence-electron chi connectivity index (χ1n) is 7.17. The lowest BCUT2D eigenvalue weighted by molar-refractivity contribution is -0.384. The average molecular weight is 311 g/mol. The zero-order valence-corrected chi connectivity index (χ0v) is 13.1. The van der Waals surface area contributed by atoms with E-state index in [4.69, 9.17) is 11.6 Å². The van der Waals surface area contributed by atoms with Crippen molar-refractivity contribution >= 4 is 23.1 Å². The van der Waals surface area contributed by atoms with Gasteiger partial charge < -0.3 is 5.32 Å². The van der Waals surface area contributed by atoms with E-state index in [9.17, 15) is 10.1 Å². The number of rotatable bonds is 3. The maximum atomic E-state index is 11.2. The maximum Gasteiger partial charge on any atom is 0.329 e. The minimum Gasteiger partial charge on any atom is -0.360 e. The average Bonchev–Trinajstić information content (AvgIpc) is 2.85. The van der Waals surface area contributed by atoms with Gasteiger partial charge in [0.2, 0.25) is 11.1 Å². The van der Waals surface area contributed by atoms with E-state index in [-0.39, 0.29) is 33.7 Å². The Balaban J connectivity index is 1.97. The Morgan fingerprint density at radius 3 is 2.76 bits per heavy atom. The Labute approximate surface area is 128 Å². The molecule has 0 amide bonds. The number of nitro groups is 1. The number of halogens is 1. The minimum absolute atomic E-state index is 0.0224. The molecule has 0 saturated heterocycles. The predicted octanol–water partition coefficient (Wildman–Crippen LogP) is 3.66. The second kappa shape index (κ2) is 4.53. The summed E-state index contributed by atoms with van der Waals surface area (Å²) in [7, 11) is 0. The number of hydrogen-bond donors (Lipinski definition) is 1. The molecule has 7 heteroatoms. The lowest BCUT2D eigenvalue weighted by Gasteiger charge is -2.43. The molecule has 2 aliphatic carbocycles. The summed E-state index contributed by atoms with van der Waals surface area (Å²) in [6.45, 7) is 6.72. The van der Waals surface area contributed by atoms with Crippen LogP contribution in [0.1, 0.15) is 40.0 Å². The highest BCUT2D eigenvalue weighted by atomic mass is 35.5. The highest BCUT2D eigenvalue weighted by Crippen LogP contribution is 2.63. The molecular weight excluding hydrogens is 292 g/mol. The van der Waals surface area contributed by atoms with Crippen molar-refractivity contribution in [2.24, 2.45) is 16.7 Å². The van der Waals surface area contributed by atoms with E-state index < -0.39 is 4.92 Å². The fourth-order valence-corrected chi connectivity index (χ4v) is 4.53. The summed E-state index contributed by atoms with van der Waals surface area (Å²) in [6.07, 6.45) is 4.70. The molecular formula is C14H19ClN4O2. The van der Waals surface area contributed by atoms with E-state index in [0.29, 0.717) is 5.92 Å². The van der Waals surface area contributed by atoms with Gasteiger partial charge in [0.15, 0.2) is 0 Å². The number of anilines is 1. The fourth-order valence-electron chi connectivity index (χ4n) is 4.39. The molecule has 0 aromatic carbocycles. The largest absolute Gasteiger partial charge is 0.360 e. The molecule has 0 radical (unpaired) electrons. The Morgan fingerprint density at radius 1 is 1.48 bits per heavy atom. The molecule has 0 spiro atoms. The van der Waals surface area contributed by atoms with Gasteiger partial charge in [-0.3, -0.25) is 10.1 Å². The first-order chi connectivity index (χ1) is 9.74. The second-order valence-corrected chi connectivity index (χ2v) is 7.46. The molecule has 2 aliphatic rings. The van der Waals surface area contributed by atoms with E-state index >= 15 is 0 Å². The van der Waals surface area contributed by atoms with Gasteiger partial charge >= 0.3 is 5.69 Å². The third kappa shape index (κ3) is 2.16. The number of aromatic nitrogens is 2. The van der Waals surface area contributed by atoms with Crippen molar-refractivity contribution in [3.05, 3.63) is 21.6 Å². The lowest BCUT2D eigenvalue weighted by Crippen LogP contribution is -2.46. The summed E-state index contributed by atoms with van der Waals surface area (Å²) >= 11 is 5.81. The van der Waals surface area contributed by atoms with Crippen molar-refractivity contribution in [2.45, 2.75) is 46.1 Å². The highest BCUT2D eigenvalue weighted by Gasteiger charge is 2.59. The van der Waals surface area contributed by atoms with Gasteiger partial charge in [0.25, 0.3) is 0 Å². The molecule has 114 valence electrons. The van der Waals surface area contributed by atoms with Gasteiger partial charge in [-0.1, -0.05) is 20.8 Å². The zero-order valence-electron chi connectivity index (χ0n) is 12.4. The van der Waals surface area contributed by atoms with Crippen molar-refractivity contribution in [2.75, 3.05) is 5.32 Å². The summed E-state index contributed by atoms with van der Waals surface area (Å²) in [5, 5.41) is 14.5. The first-order valence-corrected chi connectivity index (χ1v) is 7.55. The molecule has 2 fully saturated rings. The molecule has 21 heavy (non-hydrogen) atoms. The summed E-state index contributed by atoms with van der Waals surface area (Å²) in [5.74, 6) is 0.878. The van der Waals surface area contributed by atoms with E-state index in [2.05, 4.69) is 36.1 Å². The Hall–Kier alpha value is -1.43. The Morgan fingerprint density at radius 2 is 2.19 bits per heavy atom. The van der Waals surface area contributed by atoms with Gasteiger partial charge in [-0.15, -0.1) is 0 Å². The molecule has 3 atom stereocenters. The summed E-state index contributed by atoms with van der Waals surface area (Å²) in [4.78, 5) is 18.4. The minimum atomic E-state index is -0.471. The summed E-state index contributed by atoms with van der Waals surface area (Å²) in [6, 6.07) is 0.147. The maximum absolute atomic E-state index is 11.2. The SMILES string of the molecule is CC12CCC(C1)C(C)(C)C2Nc1nc(Cl)ncc1[N+](=O)[O-]. The molecule has 6 nitrogen and oxygen atoms in total. The van der Waals surface area contributed by atoms with Crippen LogP contribution in [0.4, 0.5) is 11.5 Å². The van der Waals surface area contributed by atoms with Crippen LogP contribution in [0.5, 0.6) is 0 Å². The number of fused-ring (bicyclic) bond motifs is 2. The zero-order chi connectivity index (χ0) is 15.4. The smallest absolute Gasteiger partial charge is 0.329 e. The van der Waals surface area contributed by atoms with Crippen LogP contribution in [0.25, 0.3) is 0 Å². The van der Waals surface area contributed by atoms with Gasteiger partial charge in [-0.2, -0.15) is 4.98 Å². The molecule has 2 bridgehead atoms. The van der Waals surface area contributed by atoms with Crippen molar-refractivity contribution in [3.8, 4) is 0 Å². The molecule has 1 N–H and O–H groups in total. The van der Waals surface area contributed by atoms with Crippen molar-refractivity contribution < 1.29 is 4.92 Å². The Kier molecular flexibility index (Phi) is 3.13. The summed E-state index contributed by atoms with van der Waals surface area (Å²) in [5.41, 5.74) is 0.110. The van der Waals surface area contributed by atoms with Crippen molar-refractivity contribution in [1.82, 2.24) is 9.97 Å². The molecule has 3 rings (SSSR count). The van der Waals surface area contributed by atoms with Gasteiger partial charge in [0.1, 0.15) is 6.20 Å². The second-order valence-electron chi connectivity index (χ2n) is 7.12. The lowest BCUT2D eigenvalue weighted by atomic mass is 9.68. The Bertz CT molecular complexity index is 602. The van der Waals surface area contributed by atoms with Crippen LogP contribution < -0.4 is 5.32 Å². The van der Waals surface area contributed by atoms with Gasteiger partial charge in [-0.25, -0.2) is 4.98 Å². The number of nitrogens with one attached hydrogen (secondary N) is 1. The highest BCUT2D eigenvalue weighted by molar-refractivity contribution is 6.28. The normalized spacial score (nSPS) is 33.1. The van der Waals surface area contributed by atoms with Crippen LogP contribution in [-0.4, -0.2) is 20.9 Å². The van der Waals surface area contributed by atoms with Crippen LogP contribution in [-0.2, 0) is 0 Å².